The molecule has 0 heterocycles. The summed E-state index contributed by atoms with van der Waals surface area (Å²) >= 11 is 0. The second-order valence-corrected chi connectivity index (χ2v) is 9.30. The Morgan fingerprint density at radius 2 is 1.77 bits per heavy atom. The molecule has 2 N–H and O–H groups in total. The van der Waals surface area contributed by atoms with Crippen LogP contribution >= 0.6 is 0 Å². The predicted molar refractivity (Wildman–Crippen MR) is 104 cm³/mol. The fourth-order valence-electron chi connectivity index (χ4n) is 2.26. The predicted octanol–water partition coefficient (Wildman–Crippen LogP) is 2.63. The minimum atomic E-state index is -3.53. The SMILES string of the molecule is CC(C)OCCCNC(=O)CCc1ccc(S(=O)(=O)NC(C)(C)C)cc1. The zero-order chi connectivity index (χ0) is 19.8. The van der Waals surface area contributed by atoms with Crippen molar-refractivity contribution in [3.8, 4) is 0 Å². The number of carbonyl (C=O) groups excluding carboxylic acids is 1. The number of benzene rings is 1. The van der Waals surface area contributed by atoms with Gasteiger partial charge in [-0.2, -0.15) is 0 Å². The lowest BCUT2D eigenvalue weighted by Gasteiger charge is -2.20. The molecule has 1 amide bonds. The van der Waals surface area contributed by atoms with E-state index < -0.39 is 15.6 Å². The maximum absolute atomic E-state index is 12.3. The topological polar surface area (TPSA) is 84.5 Å². The molecule has 0 fully saturated rings. The molecule has 0 bridgehead atoms. The monoisotopic (exact) mass is 384 g/mol. The molecule has 1 aromatic rings. The number of ether oxygens (including phenoxy) is 1. The largest absolute Gasteiger partial charge is 0.379 e. The Balaban J connectivity index is 2.42. The van der Waals surface area contributed by atoms with Gasteiger partial charge in [0.15, 0.2) is 0 Å². The van der Waals surface area contributed by atoms with Gasteiger partial charge >= 0.3 is 0 Å². The first-order chi connectivity index (χ1) is 12.0. The minimum Gasteiger partial charge on any atom is -0.379 e. The van der Waals surface area contributed by atoms with Gasteiger partial charge in [0.25, 0.3) is 0 Å². The number of carbonyl (C=O) groups is 1. The second kappa shape index (κ2) is 10.0. The first kappa shape index (κ1) is 22.6. The van der Waals surface area contributed by atoms with Crippen molar-refractivity contribution in [3.63, 3.8) is 0 Å². The third-order valence-corrected chi connectivity index (χ3v) is 5.18. The first-order valence-electron chi connectivity index (χ1n) is 9.01. The number of nitrogens with one attached hydrogen (secondary N) is 2. The van der Waals surface area contributed by atoms with Gasteiger partial charge in [0.1, 0.15) is 0 Å². The van der Waals surface area contributed by atoms with Crippen molar-refractivity contribution in [2.75, 3.05) is 13.2 Å². The summed E-state index contributed by atoms with van der Waals surface area (Å²) in [6.45, 7) is 10.6. The van der Waals surface area contributed by atoms with E-state index in [0.717, 1.165) is 12.0 Å². The molecule has 1 aromatic carbocycles. The molecular formula is C19H32N2O4S. The lowest BCUT2D eigenvalue weighted by atomic mass is 10.1. The highest BCUT2D eigenvalue weighted by molar-refractivity contribution is 7.89. The molecule has 26 heavy (non-hydrogen) atoms. The average molecular weight is 385 g/mol. The van der Waals surface area contributed by atoms with Gasteiger partial charge in [-0.25, -0.2) is 13.1 Å². The van der Waals surface area contributed by atoms with Crippen LogP contribution in [0.1, 0.15) is 53.0 Å². The van der Waals surface area contributed by atoms with Crippen molar-refractivity contribution in [2.45, 2.75) is 70.4 Å². The summed E-state index contributed by atoms with van der Waals surface area (Å²) in [4.78, 5) is 12.1. The quantitative estimate of drug-likeness (QED) is 0.607. The summed E-state index contributed by atoms with van der Waals surface area (Å²) in [5, 5.41) is 2.86. The van der Waals surface area contributed by atoms with Crippen molar-refractivity contribution in [1.29, 1.82) is 0 Å². The average Bonchev–Trinajstić information content (AvgIpc) is 2.50. The number of aryl methyl sites for hydroxylation is 1. The number of hydrogen-bond donors (Lipinski definition) is 2. The van der Waals surface area contributed by atoms with Crippen LogP contribution in [-0.2, 0) is 26.0 Å². The summed E-state index contributed by atoms with van der Waals surface area (Å²) in [6, 6.07) is 6.65. The number of rotatable bonds is 10. The third-order valence-electron chi connectivity index (χ3n) is 3.41. The molecule has 6 nitrogen and oxygen atoms in total. The fraction of sp³-hybridized carbons (Fsp3) is 0.632. The lowest BCUT2D eigenvalue weighted by molar-refractivity contribution is -0.121. The normalized spacial score (nSPS) is 12.4. The Morgan fingerprint density at radius 3 is 2.31 bits per heavy atom. The molecule has 0 saturated heterocycles. The van der Waals surface area contributed by atoms with E-state index in [-0.39, 0.29) is 16.9 Å². The Kier molecular flexibility index (Phi) is 8.73. The van der Waals surface area contributed by atoms with E-state index in [0.29, 0.717) is 26.0 Å². The zero-order valence-corrected chi connectivity index (χ0v) is 17.3. The van der Waals surface area contributed by atoms with E-state index in [2.05, 4.69) is 10.0 Å². The molecule has 1 rings (SSSR count). The summed E-state index contributed by atoms with van der Waals surface area (Å²) in [5.74, 6) is -0.0133. The third kappa shape index (κ3) is 9.31. The van der Waals surface area contributed by atoms with E-state index in [1.807, 2.05) is 13.8 Å². The van der Waals surface area contributed by atoms with Gasteiger partial charge in [-0.1, -0.05) is 12.1 Å². The molecule has 148 valence electrons. The van der Waals surface area contributed by atoms with Crippen LogP contribution in [0, 0.1) is 0 Å². The maximum atomic E-state index is 12.3. The van der Waals surface area contributed by atoms with E-state index in [1.165, 1.54) is 0 Å². The molecule has 0 aliphatic rings. The molecule has 0 saturated carbocycles. The van der Waals surface area contributed by atoms with Gasteiger partial charge in [0.05, 0.1) is 11.0 Å². The highest BCUT2D eigenvalue weighted by atomic mass is 32.2. The van der Waals surface area contributed by atoms with Gasteiger partial charge in [-0.15, -0.1) is 0 Å². The van der Waals surface area contributed by atoms with Gasteiger partial charge in [-0.05, 0) is 65.2 Å². The van der Waals surface area contributed by atoms with Crippen LogP contribution in [0.25, 0.3) is 0 Å². The second-order valence-electron chi connectivity index (χ2n) is 7.62. The highest BCUT2D eigenvalue weighted by Gasteiger charge is 2.21. The standard InChI is InChI=1S/C19H32N2O4S/c1-15(2)25-14-6-13-20-18(22)12-9-16-7-10-17(11-8-16)26(23,24)21-19(3,4)5/h7-8,10-11,15,21H,6,9,12-14H2,1-5H3,(H,20,22). The van der Waals surface area contributed by atoms with Crippen LogP contribution in [0.3, 0.4) is 0 Å². The summed E-state index contributed by atoms with van der Waals surface area (Å²) in [6.07, 6.45) is 1.94. The number of hydrogen-bond acceptors (Lipinski definition) is 4. The van der Waals surface area contributed by atoms with E-state index in [1.54, 1.807) is 45.0 Å². The molecule has 0 unspecified atom stereocenters. The van der Waals surface area contributed by atoms with Crippen molar-refractivity contribution in [3.05, 3.63) is 29.8 Å². The smallest absolute Gasteiger partial charge is 0.241 e. The molecule has 0 aliphatic heterocycles. The Morgan fingerprint density at radius 1 is 1.15 bits per heavy atom. The molecule has 0 atom stereocenters. The molecule has 0 aliphatic carbocycles. The molecule has 0 spiro atoms. The Bertz CT molecular complexity index is 662. The fourth-order valence-corrected chi connectivity index (χ4v) is 3.68. The molecular weight excluding hydrogens is 352 g/mol. The molecule has 7 heteroatoms. The zero-order valence-electron chi connectivity index (χ0n) is 16.5. The van der Waals surface area contributed by atoms with E-state index in [4.69, 9.17) is 4.74 Å². The van der Waals surface area contributed by atoms with Gasteiger partial charge in [0.2, 0.25) is 15.9 Å². The van der Waals surface area contributed by atoms with Crippen molar-refractivity contribution < 1.29 is 17.9 Å². The van der Waals surface area contributed by atoms with Crippen LogP contribution in [-0.4, -0.2) is 39.1 Å². The highest BCUT2D eigenvalue weighted by Crippen LogP contribution is 2.14. The van der Waals surface area contributed by atoms with Crippen LogP contribution in [0.4, 0.5) is 0 Å². The van der Waals surface area contributed by atoms with Crippen molar-refractivity contribution >= 4 is 15.9 Å². The van der Waals surface area contributed by atoms with Crippen LogP contribution in [0.15, 0.2) is 29.2 Å². The summed E-state index contributed by atoms with van der Waals surface area (Å²) < 4.78 is 32.5. The van der Waals surface area contributed by atoms with Crippen molar-refractivity contribution in [1.82, 2.24) is 10.0 Å². The summed E-state index contributed by atoms with van der Waals surface area (Å²) in [7, 11) is -3.53. The Hall–Kier alpha value is -1.44. The van der Waals surface area contributed by atoms with Gasteiger partial charge in [0, 0.05) is 25.1 Å². The summed E-state index contributed by atoms with van der Waals surface area (Å²) in [5.41, 5.74) is 0.397. The number of sulfonamides is 1. The van der Waals surface area contributed by atoms with Crippen molar-refractivity contribution in [2.24, 2.45) is 0 Å². The van der Waals surface area contributed by atoms with E-state index >= 15 is 0 Å². The van der Waals surface area contributed by atoms with Gasteiger partial charge in [-0.3, -0.25) is 4.79 Å². The van der Waals surface area contributed by atoms with E-state index in [9.17, 15) is 13.2 Å². The van der Waals surface area contributed by atoms with Crippen LogP contribution in [0.5, 0.6) is 0 Å². The maximum Gasteiger partial charge on any atom is 0.241 e. The lowest BCUT2D eigenvalue weighted by Crippen LogP contribution is -2.40. The number of amides is 1. The van der Waals surface area contributed by atoms with Crippen LogP contribution < -0.4 is 10.0 Å². The first-order valence-corrected chi connectivity index (χ1v) is 10.5. The van der Waals surface area contributed by atoms with Crippen LogP contribution in [0.2, 0.25) is 0 Å². The molecule has 0 aromatic heterocycles. The minimum absolute atomic E-state index is 0.0133. The van der Waals surface area contributed by atoms with Gasteiger partial charge < -0.3 is 10.1 Å². The Labute approximate surface area is 157 Å². The molecule has 0 radical (unpaired) electrons.